The fourth-order valence-corrected chi connectivity index (χ4v) is 8.05. The number of carbonyl (C=O) groups is 4. The first-order valence-electron chi connectivity index (χ1n) is 13.4. The molecule has 7 nitrogen and oxygen atoms in total. The summed E-state index contributed by atoms with van der Waals surface area (Å²) in [7, 11) is 0. The number of phenols is 1. The van der Waals surface area contributed by atoms with Crippen LogP contribution >= 0.6 is 27.5 Å². The molecule has 2 saturated heterocycles. The predicted molar refractivity (Wildman–Crippen MR) is 149 cm³/mol. The van der Waals surface area contributed by atoms with E-state index in [1.807, 2.05) is 13.0 Å². The van der Waals surface area contributed by atoms with Crippen molar-refractivity contribution in [2.24, 2.45) is 29.1 Å². The van der Waals surface area contributed by atoms with Crippen LogP contribution in [-0.2, 0) is 19.2 Å². The Bertz CT molecular complexity index is 1530. The summed E-state index contributed by atoms with van der Waals surface area (Å²) in [5, 5.41) is 10.8. The summed E-state index contributed by atoms with van der Waals surface area (Å²) in [6.07, 6.45) is 3.11. The molecule has 2 aliphatic carbocycles. The highest BCUT2D eigenvalue weighted by Crippen LogP contribution is 2.64. The Kier molecular flexibility index (Phi) is 6.46. The van der Waals surface area contributed by atoms with Gasteiger partial charge in [-0.3, -0.25) is 24.1 Å². The van der Waals surface area contributed by atoms with E-state index >= 15 is 0 Å². The smallest absolute Gasteiger partial charge is 0.241 e. The molecule has 40 heavy (non-hydrogen) atoms. The van der Waals surface area contributed by atoms with Crippen molar-refractivity contribution in [3.05, 3.63) is 68.9 Å². The van der Waals surface area contributed by atoms with Gasteiger partial charge in [0.2, 0.25) is 23.6 Å². The van der Waals surface area contributed by atoms with Crippen LogP contribution in [0.4, 0.5) is 10.1 Å². The molecule has 6 atom stereocenters. The van der Waals surface area contributed by atoms with Gasteiger partial charge in [0, 0.05) is 22.5 Å². The van der Waals surface area contributed by atoms with E-state index in [4.69, 9.17) is 11.6 Å². The second-order valence-electron chi connectivity index (χ2n) is 11.3. The van der Waals surface area contributed by atoms with Gasteiger partial charge in [-0.1, -0.05) is 46.1 Å². The molecule has 0 radical (unpaired) electrons. The van der Waals surface area contributed by atoms with Gasteiger partial charge in [0.1, 0.15) is 11.6 Å². The summed E-state index contributed by atoms with van der Waals surface area (Å²) in [5.41, 5.74) is 0.0807. The van der Waals surface area contributed by atoms with Crippen molar-refractivity contribution in [2.75, 3.05) is 11.4 Å². The van der Waals surface area contributed by atoms with Crippen molar-refractivity contribution in [3.8, 4) is 5.75 Å². The summed E-state index contributed by atoms with van der Waals surface area (Å²) in [6.45, 7) is 3.96. The molecule has 0 bridgehead atoms. The van der Waals surface area contributed by atoms with E-state index in [0.717, 1.165) is 16.5 Å². The SMILES string of the molecule is CCCN1C(=O)[C@H]2[C@H](CC=C3[C@H]2C[C@H]2C(=O)N(c4ccc(F)c(Cl)c4)C(=O)[C@@]2(C)[C@H]3c2cc(Br)ccc2O)C1=O. The third-order valence-corrected chi connectivity index (χ3v) is 10.1. The molecule has 4 amide bonds. The number of amides is 4. The third-order valence-electron chi connectivity index (χ3n) is 9.28. The number of hydrogen-bond acceptors (Lipinski definition) is 5. The minimum absolute atomic E-state index is 0.0400. The number of rotatable bonds is 4. The van der Waals surface area contributed by atoms with Gasteiger partial charge in [-0.15, -0.1) is 0 Å². The van der Waals surface area contributed by atoms with Crippen molar-refractivity contribution in [3.63, 3.8) is 0 Å². The summed E-state index contributed by atoms with van der Waals surface area (Å²) in [4.78, 5) is 57.7. The molecule has 2 aromatic rings. The number of aromatic hydroxyl groups is 1. The number of imide groups is 2. The fourth-order valence-electron chi connectivity index (χ4n) is 7.50. The van der Waals surface area contributed by atoms with Crippen molar-refractivity contribution >= 4 is 56.8 Å². The maximum atomic E-state index is 14.3. The van der Waals surface area contributed by atoms with Crippen LogP contribution in [0.2, 0.25) is 5.02 Å². The Morgan fingerprint density at radius 2 is 1.82 bits per heavy atom. The van der Waals surface area contributed by atoms with Crippen LogP contribution in [0.15, 0.2) is 52.5 Å². The Morgan fingerprint density at radius 3 is 2.52 bits per heavy atom. The van der Waals surface area contributed by atoms with Crippen LogP contribution < -0.4 is 4.90 Å². The summed E-state index contributed by atoms with van der Waals surface area (Å²) >= 11 is 9.49. The number of anilines is 1. The molecule has 4 aliphatic rings. The van der Waals surface area contributed by atoms with Gasteiger partial charge >= 0.3 is 0 Å². The number of phenolic OH excluding ortho intramolecular Hbond substituents is 1. The number of fused-ring (bicyclic) bond motifs is 4. The van der Waals surface area contributed by atoms with Crippen LogP contribution in [0.3, 0.4) is 0 Å². The molecule has 208 valence electrons. The molecule has 2 heterocycles. The number of hydrogen-bond donors (Lipinski definition) is 1. The number of halogens is 3. The maximum absolute atomic E-state index is 14.3. The van der Waals surface area contributed by atoms with Crippen LogP contribution in [-0.4, -0.2) is 40.2 Å². The molecule has 1 saturated carbocycles. The lowest BCUT2D eigenvalue weighted by atomic mass is 9.51. The van der Waals surface area contributed by atoms with E-state index in [0.29, 0.717) is 29.4 Å². The van der Waals surface area contributed by atoms with Gasteiger partial charge in [-0.05, 0) is 68.5 Å². The molecule has 10 heteroatoms. The number of nitrogens with zero attached hydrogens (tertiary/aromatic N) is 2. The molecule has 3 fully saturated rings. The van der Waals surface area contributed by atoms with E-state index in [2.05, 4.69) is 15.9 Å². The molecule has 0 aromatic heterocycles. The molecule has 6 rings (SSSR count). The largest absolute Gasteiger partial charge is 0.508 e. The van der Waals surface area contributed by atoms with Crippen LogP contribution in [0.25, 0.3) is 0 Å². The van der Waals surface area contributed by atoms with E-state index in [1.165, 1.54) is 23.1 Å². The number of allylic oxidation sites excluding steroid dienone is 2. The van der Waals surface area contributed by atoms with Gasteiger partial charge in [-0.25, -0.2) is 9.29 Å². The zero-order valence-corrected chi connectivity index (χ0v) is 24.2. The Morgan fingerprint density at radius 1 is 1.07 bits per heavy atom. The highest BCUT2D eigenvalue weighted by atomic mass is 79.9. The molecular weight excluding hydrogens is 603 g/mol. The minimum atomic E-state index is -1.32. The minimum Gasteiger partial charge on any atom is -0.508 e. The summed E-state index contributed by atoms with van der Waals surface area (Å²) in [6, 6.07) is 8.65. The van der Waals surface area contributed by atoms with Gasteiger partial charge in [0.25, 0.3) is 0 Å². The lowest BCUT2D eigenvalue weighted by molar-refractivity contribution is -0.140. The number of carbonyl (C=O) groups excluding carboxylic acids is 4. The fraction of sp³-hybridized carbons (Fsp3) is 0.400. The van der Waals surface area contributed by atoms with Gasteiger partial charge in [-0.2, -0.15) is 0 Å². The van der Waals surface area contributed by atoms with Gasteiger partial charge in [0.15, 0.2) is 0 Å². The van der Waals surface area contributed by atoms with Crippen LogP contribution in [0, 0.1) is 34.9 Å². The molecule has 2 aliphatic heterocycles. The summed E-state index contributed by atoms with van der Waals surface area (Å²) < 4.78 is 14.7. The maximum Gasteiger partial charge on any atom is 0.241 e. The zero-order valence-electron chi connectivity index (χ0n) is 21.9. The van der Waals surface area contributed by atoms with Crippen molar-refractivity contribution in [1.29, 1.82) is 0 Å². The van der Waals surface area contributed by atoms with Crippen LogP contribution in [0.1, 0.15) is 44.6 Å². The summed E-state index contributed by atoms with van der Waals surface area (Å²) in [5.74, 6) is -5.33. The Balaban J connectivity index is 1.53. The van der Waals surface area contributed by atoms with Crippen molar-refractivity contribution in [2.45, 2.75) is 39.0 Å². The number of benzene rings is 2. The first-order valence-corrected chi connectivity index (χ1v) is 14.5. The van der Waals surface area contributed by atoms with Crippen molar-refractivity contribution in [1.82, 2.24) is 4.90 Å². The normalized spacial score (nSPS) is 31.3. The number of likely N-dealkylation sites (tertiary alicyclic amines) is 1. The second kappa shape index (κ2) is 9.52. The van der Waals surface area contributed by atoms with Crippen molar-refractivity contribution < 1.29 is 28.7 Å². The molecule has 0 unspecified atom stereocenters. The first-order chi connectivity index (χ1) is 19.0. The predicted octanol–water partition coefficient (Wildman–Crippen LogP) is 5.59. The van der Waals surface area contributed by atoms with E-state index in [1.54, 1.807) is 19.1 Å². The second-order valence-corrected chi connectivity index (χ2v) is 12.6. The molecule has 0 spiro atoms. The topological polar surface area (TPSA) is 95.0 Å². The van der Waals surface area contributed by atoms with E-state index < -0.39 is 52.6 Å². The third kappa shape index (κ3) is 3.66. The van der Waals surface area contributed by atoms with E-state index in [9.17, 15) is 28.7 Å². The average molecular weight is 630 g/mol. The zero-order chi connectivity index (χ0) is 28.7. The monoisotopic (exact) mass is 628 g/mol. The quantitative estimate of drug-likeness (QED) is 0.352. The van der Waals surface area contributed by atoms with E-state index in [-0.39, 0.29) is 34.7 Å². The lowest BCUT2D eigenvalue weighted by Crippen LogP contribution is -2.48. The average Bonchev–Trinajstić information content (AvgIpc) is 3.27. The Hall–Kier alpha value is -3.04. The molecule has 1 N–H and O–H groups in total. The first kappa shape index (κ1) is 27.1. The highest BCUT2D eigenvalue weighted by molar-refractivity contribution is 9.10. The standard InChI is InChI=1S/C30H27BrClFN2O5/c1-3-10-34-26(37)17-7-6-16-18(24(17)28(34)39)13-20-27(38)35(15-5-8-22(33)21(32)12-15)29(40)30(20,2)25(16)19-11-14(31)4-9-23(19)36/h4-6,8-9,11-12,17-18,20,24-25,36H,3,7,10,13H2,1-2H3/t17-,18+,20-,24-,25+,30+/m0/s1. The molecular formula is C30H27BrClFN2O5. The van der Waals surface area contributed by atoms with Crippen LogP contribution in [0.5, 0.6) is 5.75 Å². The highest BCUT2D eigenvalue weighted by Gasteiger charge is 2.67. The lowest BCUT2D eigenvalue weighted by Gasteiger charge is -2.49. The molecule has 2 aromatic carbocycles. The van der Waals surface area contributed by atoms with Gasteiger partial charge in [0.05, 0.1) is 33.9 Å². The Labute approximate surface area is 244 Å². The van der Waals surface area contributed by atoms with Gasteiger partial charge < -0.3 is 5.11 Å².